The van der Waals surface area contributed by atoms with Crippen molar-refractivity contribution in [3.63, 3.8) is 0 Å². The molecule has 8 heteroatoms. The van der Waals surface area contributed by atoms with E-state index in [1.54, 1.807) is 30.3 Å². The van der Waals surface area contributed by atoms with Crippen LogP contribution >= 0.6 is 0 Å². The Labute approximate surface area is 139 Å². The third-order valence-corrected chi connectivity index (χ3v) is 4.41. The number of nitriles is 1. The van der Waals surface area contributed by atoms with Crippen LogP contribution < -0.4 is 14.8 Å². The van der Waals surface area contributed by atoms with Gasteiger partial charge in [-0.15, -0.1) is 0 Å². The fourth-order valence-electron chi connectivity index (χ4n) is 1.90. The number of amides is 1. The van der Waals surface area contributed by atoms with Gasteiger partial charge in [-0.25, -0.2) is 8.42 Å². The fraction of sp³-hybridized carbons (Fsp3) is 0.125. The standard InChI is InChI=1S/C16H15N3O4S/c1-23-14-4-2-3-13(11-14)19-24(21,22)15-7-5-12(6-8-15)18-16(20)9-10-17/h2-8,11,19H,9H2,1H3,(H,18,20). The Hall–Kier alpha value is -3.05. The summed E-state index contributed by atoms with van der Waals surface area (Å²) >= 11 is 0. The number of ether oxygens (including phenoxy) is 1. The van der Waals surface area contributed by atoms with Crippen molar-refractivity contribution in [3.05, 3.63) is 48.5 Å². The van der Waals surface area contributed by atoms with Crippen LogP contribution in [0.3, 0.4) is 0 Å². The summed E-state index contributed by atoms with van der Waals surface area (Å²) in [5.41, 5.74) is 0.788. The van der Waals surface area contributed by atoms with Gasteiger partial charge >= 0.3 is 0 Å². The van der Waals surface area contributed by atoms with Crippen LogP contribution in [0.4, 0.5) is 11.4 Å². The number of rotatable bonds is 6. The van der Waals surface area contributed by atoms with Crippen LogP contribution in [-0.4, -0.2) is 21.4 Å². The van der Waals surface area contributed by atoms with E-state index in [4.69, 9.17) is 10.00 Å². The summed E-state index contributed by atoms with van der Waals surface area (Å²) in [6.45, 7) is 0. The van der Waals surface area contributed by atoms with Crippen LogP contribution in [0.15, 0.2) is 53.4 Å². The number of nitrogens with one attached hydrogen (secondary N) is 2. The largest absolute Gasteiger partial charge is 0.497 e. The van der Waals surface area contributed by atoms with E-state index in [-0.39, 0.29) is 11.3 Å². The van der Waals surface area contributed by atoms with E-state index in [1.807, 2.05) is 0 Å². The zero-order valence-corrected chi connectivity index (χ0v) is 13.6. The molecule has 2 N–H and O–H groups in total. The number of hydrogen-bond acceptors (Lipinski definition) is 5. The molecule has 0 aromatic heterocycles. The van der Waals surface area contributed by atoms with Gasteiger partial charge < -0.3 is 10.1 Å². The molecular formula is C16H15N3O4S. The van der Waals surface area contributed by atoms with Crippen molar-refractivity contribution in [2.75, 3.05) is 17.1 Å². The highest BCUT2D eigenvalue weighted by Gasteiger charge is 2.14. The van der Waals surface area contributed by atoms with Gasteiger partial charge in [0.25, 0.3) is 10.0 Å². The summed E-state index contributed by atoms with van der Waals surface area (Å²) in [6, 6.07) is 13.9. The zero-order chi connectivity index (χ0) is 17.6. The molecule has 0 unspecified atom stereocenters. The number of nitrogens with zero attached hydrogens (tertiary/aromatic N) is 1. The first-order valence-corrected chi connectivity index (χ1v) is 8.36. The second-order valence-electron chi connectivity index (χ2n) is 4.74. The Bertz CT molecular complexity index is 871. The lowest BCUT2D eigenvalue weighted by molar-refractivity contribution is -0.115. The third kappa shape index (κ3) is 4.47. The van der Waals surface area contributed by atoms with Crippen molar-refractivity contribution in [1.82, 2.24) is 0 Å². The molecule has 0 spiro atoms. The molecule has 0 fully saturated rings. The Balaban J connectivity index is 2.14. The maximum atomic E-state index is 12.4. The van der Waals surface area contributed by atoms with E-state index in [1.165, 1.54) is 31.4 Å². The van der Waals surface area contributed by atoms with E-state index < -0.39 is 15.9 Å². The SMILES string of the molecule is COc1cccc(NS(=O)(=O)c2ccc(NC(=O)CC#N)cc2)c1. The Morgan fingerprint density at radius 1 is 1.17 bits per heavy atom. The number of anilines is 2. The van der Waals surface area contributed by atoms with Gasteiger partial charge in [0.2, 0.25) is 5.91 Å². The first kappa shape index (κ1) is 17.3. The summed E-state index contributed by atoms with van der Waals surface area (Å²) in [5, 5.41) is 10.9. The van der Waals surface area contributed by atoms with E-state index in [2.05, 4.69) is 10.0 Å². The fourth-order valence-corrected chi connectivity index (χ4v) is 2.94. The molecule has 0 aliphatic heterocycles. The molecule has 0 saturated heterocycles. The van der Waals surface area contributed by atoms with Gasteiger partial charge in [-0.1, -0.05) is 6.07 Å². The van der Waals surface area contributed by atoms with Crippen LogP contribution in [0.2, 0.25) is 0 Å². The van der Waals surface area contributed by atoms with Crippen LogP contribution in [0, 0.1) is 11.3 Å². The van der Waals surface area contributed by atoms with E-state index in [0.29, 0.717) is 17.1 Å². The summed E-state index contributed by atoms with van der Waals surface area (Å²) < 4.78 is 32.2. The number of carbonyl (C=O) groups is 1. The lowest BCUT2D eigenvalue weighted by Crippen LogP contribution is -2.13. The average Bonchev–Trinajstić information content (AvgIpc) is 2.55. The van der Waals surface area contributed by atoms with Crippen LogP contribution in [-0.2, 0) is 14.8 Å². The molecule has 0 bridgehead atoms. The smallest absolute Gasteiger partial charge is 0.261 e. The molecule has 2 aromatic carbocycles. The van der Waals surface area contributed by atoms with Gasteiger partial charge in [0.15, 0.2) is 0 Å². The summed E-state index contributed by atoms with van der Waals surface area (Å²) in [4.78, 5) is 11.4. The number of methoxy groups -OCH3 is 1. The van der Waals surface area contributed by atoms with E-state index in [9.17, 15) is 13.2 Å². The van der Waals surface area contributed by atoms with Crippen molar-refractivity contribution < 1.29 is 17.9 Å². The van der Waals surface area contributed by atoms with Gasteiger partial charge in [-0.3, -0.25) is 9.52 Å². The molecule has 2 rings (SSSR count). The summed E-state index contributed by atoms with van der Waals surface area (Å²) in [5.74, 6) is 0.0772. The highest BCUT2D eigenvalue weighted by Crippen LogP contribution is 2.21. The molecule has 2 aromatic rings. The maximum absolute atomic E-state index is 12.4. The molecule has 0 atom stereocenters. The monoisotopic (exact) mass is 345 g/mol. The second-order valence-corrected chi connectivity index (χ2v) is 6.43. The molecule has 0 saturated carbocycles. The van der Waals surface area contributed by atoms with Crippen LogP contribution in [0.5, 0.6) is 5.75 Å². The first-order chi connectivity index (χ1) is 11.4. The molecular weight excluding hydrogens is 330 g/mol. The maximum Gasteiger partial charge on any atom is 0.261 e. The quantitative estimate of drug-likeness (QED) is 0.835. The lowest BCUT2D eigenvalue weighted by atomic mass is 10.3. The molecule has 0 radical (unpaired) electrons. The highest BCUT2D eigenvalue weighted by atomic mass is 32.2. The highest BCUT2D eigenvalue weighted by molar-refractivity contribution is 7.92. The van der Waals surface area contributed by atoms with E-state index >= 15 is 0 Å². The average molecular weight is 345 g/mol. The molecule has 1 amide bonds. The van der Waals surface area contributed by atoms with Crippen molar-refractivity contribution in [2.45, 2.75) is 11.3 Å². The zero-order valence-electron chi connectivity index (χ0n) is 12.8. The van der Waals surface area contributed by atoms with Gasteiger partial charge in [-0.05, 0) is 36.4 Å². The van der Waals surface area contributed by atoms with Gasteiger partial charge in [0, 0.05) is 11.8 Å². The lowest BCUT2D eigenvalue weighted by Gasteiger charge is -2.10. The minimum atomic E-state index is -3.76. The molecule has 124 valence electrons. The minimum Gasteiger partial charge on any atom is -0.497 e. The van der Waals surface area contributed by atoms with Crippen LogP contribution in [0.25, 0.3) is 0 Å². The normalized spacial score (nSPS) is 10.5. The predicted octanol–water partition coefficient (Wildman–Crippen LogP) is 2.35. The third-order valence-electron chi connectivity index (χ3n) is 3.01. The Morgan fingerprint density at radius 2 is 1.88 bits per heavy atom. The number of sulfonamides is 1. The molecule has 0 aliphatic rings. The number of hydrogen-bond donors (Lipinski definition) is 2. The number of benzene rings is 2. The minimum absolute atomic E-state index is 0.0450. The molecule has 0 heterocycles. The second kappa shape index (κ2) is 7.48. The Kier molecular flexibility index (Phi) is 5.39. The van der Waals surface area contributed by atoms with Crippen molar-refractivity contribution >= 4 is 27.3 Å². The van der Waals surface area contributed by atoms with E-state index in [0.717, 1.165) is 0 Å². The predicted molar refractivity (Wildman–Crippen MR) is 89.1 cm³/mol. The van der Waals surface area contributed by atoms with Gasteiger partial charge in [0.05, 0.1) is 23.8 Å². The summed E-state index contributed by atoms with van der Waals surface area (Å²) in [7, 11) is -2.27. The Morgan fingerprint density at radius 3 is 2.50 bits per heavy atom. The number of carbonyl (C=O) groups excluding carboxylic acids is 1. The van der Waals surface area contributed by atoms with Gasteiger partial charge in [0.1, 0.15) is 12.2 Å². The van der Waals surface area contributed by atoms with Crippen molar-refractivity contribution in [1.29, 1.82) is 5.26 Å². The van der Waals surface area contributed by atoms with Crippen molar-refractivity contribution in [2.24, 2.45) is 0 Å². The molecule has 0 aliphatic carbocycles. The van der Waals surface area contributed by atoms with Crippen LogP contribution in [0.1, 0.15) is 6.42 Å². The summed E-state index contributed by atoms with van der Waals surface area (Å²) in [6.07, 6.45) is -0.266. The first-order valence-electron chi connectivity index (χ1n) is 6.88. The topological polar surface area (TPSA) is 108 Å². The van der Waals surface area contributed by atoms with Crippen molar-refractivity contribution in [3.8, 4) is 11.8 Å². The van der Waals surface area contributed by atoms with Gasteiger partial charge in [-0.2, -0.15) is 5.26 Å². The molecule has 24 heavy (non-hydrogen) atoms. The molecule has 7 nitrogen and oxygen atoms in total.